The highest BCUT2D eigenvalue weighted by molar-refractivity contribution is 5.83. The lowest BCUT2D eigenvalue weighted by atomic mass is 9.89. The second kappa shape index (κ2) is 5.02. The van der Waals surface area contributed by atoms with Gasteiger partial charge in [-0.3, -0.25) is 4.79 Å². The fourth-order valence-corrected chi connectivity index (χ4v) is 2.66. The van der Waals surface area contributed by atoms with E-state index in [1.807, 2.05) is 29.2 Å². The van der Waals surface area contributed by atoms with Crippen molar-refractivity contribution in [1.82, 2.24) is 4.90 Å². The molecule has 2 saturated heterocycles. The number of carbonyl (C=O) groups is 1. The zero-order valence-electron chi connectivity index (χ0n) is 10.7. The van der Waals surface area contributed by atoms with E-state index in [9.17, 15) is 4.79 Å². The Labute approximate surface area is 112 Å². The maximum absolute atomic E-state index is 11.9. The van der Waals surface area contributed by atoms with Crippen molar-refractivity contribution in [3.63, 3.8) is 0 Å². The number of rotatable bonds is 2. The van der Waals surface area contributed by atoms with Crippen LogP contribution in [0.25, 0.3) is 0 Å². The van der Waals surface area contributed by atoms with Crippen molar-refractivity contribution in [2.24, 2.45) is 0 Å². The summed E-state index contributed by atoms with van der Waals surface area (Å²) < 4.78 is 5.04. The molecule has 2 aliphatic heterocycles. The van der Waals surface area contributed by atoms with Crippen molar-refractivity contribution in [3.05, 3.63) is 35.4 Å². The van der Waals surface area contributed by atoms with Gasteiger partial charge in [-0.05, 0) is 36.5 Å². The van der Waals surface area contributed by atoms with Gasteiger partial charge in [-0.25, -0.2) is 0 Å². The first-order valence-electron chi connectivity index (χ1n) is 6.68. The Hall–Kier alpha value is -1.86. The van der Waals surface area contributed by atoms with Crippen LogP contribution in [0.5, 0.6) is 0 Å². The van der Waals surface area contributed by atoms with Gasteiger partial charge < -0.3 is 9.64 Å². The number of hydrogen-bond donors (Lipinski definition) is 0. The molecule has 1 atom stereocenters. The molecule has 2 heterocycles. The molecule has 0 saturated carbocycles. The molecule has 4 heteroatoms. The number of nitrogens with zero attached hydrogens (tertiary/aromatic N) is 2. The van der Waals surface area contributed by atoms with Crippen molar-refractivity contribution in [3.8, 4) is 6.07 Å². The molecule has 3 rings (SSSR count). The van der Waals surface area contributed by atoms with E-state index in [4.69, 9.17) is 10.00 Å². The van der Waals surface area contributed by atoms with Gasteiger partial charge in [-0.15, -0.1) is 0 Å². The van der Waals surface area contributed by atoms with Crippen LogP contribution < -0.4 is 0 Å². The van der Waals surface area contributed by atoms with Crippen LogP contribution in [0.4, 0.5) is 0 Å². The van der Waals surface area contributed by atoms with E-state index in [2.05, 4.69) is 6.07 Å². The molecule has 0 bridgehead atoms. The first kappa shape index (κ1) is 12.2. The number of likely N-dealkylation sites (tertiary alicyclic amines) is 1. The smallest absolute Gasteiger partial charge is 0.254 e. The second-order valence-electron chi connectivity index (χ2n) is 5.16. The third-order valence-electron chi connectivity index (χ3n) is 3.93. The first-order chi connectivity index (χ1) is 9.28. The van der Waals surface area contributed by atoms with Crippen molar-refractivity contribution in [1.29, 1.82) is 5.26 Å². The fraction of sp³-hybridized carbons (Fsp3) is 0.467. The van der Waals surface area contributed by atoms with Gasteiger partial charge in [0.05, 0.1) is 18.2 Å². The summed E-state index contributed by atoms with van der Waals surface area (Å²) in [7, 11) is 0. The predicted molar refractivity (Wildman–Crippen MR) is 69.5 cm³/mol. The average molecular weight is 256 g/mol. The van der Waals surface area contributed by atoms with Crippen molar-refractivity contribution < 1.29 is 9.53 Å². The van der Waals surface area contributed by atoms with E-state index in [0.717, 1.165) is 25.9 Å². The summed E-state index contributed by atoms with van der Waals surface area (Å²) in [5.41, 5.74) is 1.97. The highest BCUT2D eigenvalue weighted by atomic mass is 16.6. The Balaban J connectivity index is 1.59. The Morgan fingerprint density at radius 3 is 2.42 bits per heavy atom. The lowest BCUT2D eigenvalue weighted by Gasteiger charge is -2.32. The first-order valence-corrected chi connectivity index (χ1v) is 6.68. The van der Waals surface area contributed by atoms with Crippen LogP contribution in [0.1, 0.15) is 29.9 Å². The summed E-state index contributed by atoms with van der Waals surface area (Å²) >= 11 is 0. The fourth-order valence-electron chi connectivity index (χ4n) is 2.66. The Bertz CT molecular complexity index is 506. The SMILES string of the molecule is N#Cc1ccc(C2CCN(C(=O)C3CO3)CC2)cc1. The van der Waals surface area contributed by atoms with Gasteiger partial charge in [0.15, 0.2) is 6.10 Å². The summed E-state index contributed by atoms with van der Waals surface area (Å²) in [5.74, 6) is 0.648. The van der Waals surface area contributed by atoms with Gasteiger partial charge in [-0.2, -0.15) is 5.26 Å². The maximum Gasteiger partial charge on any atom is 0.254 e. The van der Waals surface area contributed by atoms with E-state index in [-0.39, 0.29) is 12.0 Å². The lowest BCUT2D eigenvalue weighted by Crippen LogP contribution is -2.40. The van der Waals surface area contributed by atoms with E-state index in [1.54, 1.807) is 0 Å². The van der Waals surface area contributed by atoms with E-state index in [1.165, 1.54) is 5.56 Å². The van der Waals surface area contributed by atoms with Gasteiger partial charge in [-0.1, -0.05) is 12.1 Å². The number of hydrogen-bond acceptors (Lipinski definition) is 3. The Morgan fingerprint density at radius 2 is 1.89 bits per heavy atom. The monoisotopic (exact) mass is 256 g/mol. The maximum atomic E-state index is 11.9. The Morgan fingerprint density at radius 1 is 1.26 bits per heavy atom. The minimum atomic E-state index is -0.161. The van der Waals surface area contributed by atoms with Gasteiger partial charge >= 0.3 is 0 Å². The summed E-state index contributed by atoms with van der Waals surface area (Å²) in [6, 6.07) is 9.93. The number of amides is 1. The number of benzene rings is 1. The zero-order chi connectivity index (χ0) is 13.2. The molecule has 19 heavy (non-hydrogen) atoms. The number of ether oxygens (including phenoxy) is 1. The molecular formula is C15H16N2O2. The summed E-state index contributed by atoms with van der Waals surface area (Å²) in [6.45, 7) is 2.21. The number of nitriles is 1. The van der Waals surface area contributed by atoms with Gasteiger partial charge in [0.1, 0.15) is 0 Å². The molecule has 2 fully saturated rings. The van der Waals surface area contributed by atoms with Crippen molar-refractivity contribution in [2.75, 3.05) is 19.7 Å². The van der Waals surface area contributed by atoms with E-state index in [0.29, 0.717) is 18.1 Å². The van der Waals surface area contributed by atoms with Crippen LogP contribution in [0.15, 0.2) is 24.3 Å². The van der Waals surface area contributed by atoms with Crippen LogP contribution in [-0.4, -0.2) is 36.6 Å². The normalized spacial score (nSPS) is 22.9. The van der Waals surface area contributed by atoms with Crippen LogP contribution in [0.3, 0.4) is 0 Å². The molecular weight excluding hydrogens is 240 g/mol. The van der Waals surface area contributed by atoms with Gasteiger partial charge in [0, 0.05) is 13.1 Å². The molecule has 1 unspecified atom stereocenters. The Kier molecular flexibility index (Phi) is 3.22. The molecule has 0 N–H and O–H groups in total. The molecule has 2 aliphatic rings. The summed E-state index contributed by atoms with van der Waals surface area (Å²) in [5, 5.41) is 8.79. The van der Waals surface area contributed by atoms with Gasteiger partial charge in [0.25, 0.3) is 5.91 Å². The molecule has 98 valence electrons. The minimum absolute atomic E-state index is 0.151. The average Bonchev–Trinajstić information content (AvgIpc) is 3.31. The highest BCUT2D eigenvalue weighted by Gasteiger charge is 2.36. The quantitative estimate of drug-likeness (QED) is 0.756. The van der Waals surface area contributed by atoms with Crippen molar-refractivity contribution in [2.45, 2.75) is 24.9 Å². The van der Waals surface area contributed by atoms with E-state index < -0.39 is 0 Å². The summed E-state index contributed by atoms with van der Waals surface area (Å²) in [6.07, 6.45) is 1.82. The van der Waals surface area contributed by atoms with E-state index >= 15 is 0 Å². The zero-order valence-corrected chi connectivity index (χ0v) is 10.7. The highest BCUT2D eigenvalue weighted by Crippen LogP contribution is 2.29. The van der Waals surface area contributed by atoms with Crippen LogP contribution in [-0.2, 0) is 9.53 Å². The van der Waals surface area contributed by atoms with Crippen LogP contribution in [0.2, 0.25) is 0 Å². The molecule has 0 spiro atoms. The molecule has 4 nitrogen and oxygen atoms in total. The van der Waals surface area contributed by atoms with Crippen molar-refractivity contribution >= 4 is 5.91 Å². The van der Waals surface area contributed by atoms with Gasteiger partial charge in [0.2, 0.25) is 0 Å². The summed E-state index contributed by atoms with van der Waals surface area (Å²) in [4.78, 5) is 13.8. The molecule has 1 amide bonds. The third kappa shape index (κ3) is 2.61. The molecule has 0 aliphatic carbocycles. The predicted octanol–water partition coefficient (Wildman–Crippen LogP) is 1.66. The second-order valence-corrected chi connectivity index (χ2v) is 5.16. The van der Waals surface area contributed by atoms with Crippen LogP contribution in [0, 0.1) is 11.3 Å². The third-order valence-corrected chi connectivity index (χ3v) is 3.93. The topological polar surface area (TPSA) is 56.6 Å². The van der Waals surface area contributed by atoms with Crippen LogP contribution >= 0.6 is 0 Å². The standard InChI is InChI=1S/C15H16N2O2/c16-9-11-1-3-12(4-2-11)13-5-7-17(8-6-13)15(18)14-10-19-14/h1-4,13-14H,5-8,10H2. The number of carbonyl (C=O) groups excluding carboxylic acids is 1. The lowest BCUT2D eigenvalue weighted by molar-refractivity contribution is -0.133. The molecule has 1 aromatic rings. The number of epoxide rings is 1. The molecule has 1 aromatic carbocycles. The number of piperidine rings is 1. The largest absolute Gasteiger partial charge is 0.363 e. The molecule has 0 aromatic heterocycles. The minimum Gasteiger partial charge on any atom is -0.363 e. The molecule has 0 radical (unpaired) electrons.